The van der Waals surface area contributed by atoms with Gasteiger partial charge in [-0.25, -0.2) is 0 Å². The maximum Gasteiger partial charge on any atom is 0.192 e. The van der Waals surface area contributed by atoms with E-state index in [9.17, 15) is 5.11 Å². The monoisotopic (exact) mass is 762 g/mol. The molecule has 54 heavy (non-hydrogen) atoms. The zero-order valence-electron chi connectivity index (χ0n) is 33.2. The molecule has 296 valence electrons. The van der Waals surface area contributed by atoms with E-state index in [1.165, 1.54) is 0 Å². The smallest absolute Gasteiger partial charge is 0.192 e. The van der Waals surface area contributed by atoms with Crippen molar-refractivity contribution in [1.82, 2.24) is 0 Å². The van der Waals surface area contributed by atoms with E-state index in [0.29, 0.717) is 45.7 Å². The summed E-state index contributed by atoms with van der Waals surface area (Å²) in [7, 11) is -2.35. The molecule has 3 saturated heterocycles. The molecule has 0 saturated carbocycles. The van der Waals surface area contributed by atoms with Crippen LogP contribution in [0.25, 0.3) is 0 Å². The van der Waals surface area contributed by atoms with E-state index in [-0.39, 0.29) is 30.0 Å². The summed E-state index contributed by atoms with van der Waals surface area (Å²) in [5.41, 5.74) is 3.21. The summed E-state index contributed by atoms with van der Waals surface area (Å²) < 4.78 is 54.7. The van der Waals surface area contributed by atoms with Crippen LogP contribution in [0.15, 0.2) is 91.0 Å². The van der Waals surface area contributed by atoms with Gasteiger partial charge in [0.25, 0.3) is 0 Å². The van der Waals surface area contributed by atoms with Crippen molar-refractivity contribution >= 4 is 8.32 Å². The first kappa shape index (κ1) is 41.2. The fraction of sp³-hybridized carbons (Fsp3) is 0.591. The highest BCUT2D eigenvalue weighted by molar-refractivity contribution is 6.74. The normalized spacial score (nSPS) is 30.3. The van der Waals surface area contributed by atoms with Crippen LogP contribution in [0.3, 0.4) is 0 Å². The predicted octanol–water partition coefficient (Wildman–Crippen LogP) is 7.98. The van der Waals surface area contributed by atoms with Gasteiger partial charge in [0.15, 0.2) is 14.1 Å². The fourth-order valence-electron chi connectivity index (χ4n) is 7.45. The lowest BCUT2D eigenvalue weighted by Gasteiger charge is -2.42. The third-order valence-electron chi connectivity index (χ3n) is 11.4. The van der Waals surface area contributed by atoms with Gasteiger partial charge in [-0.15, -0.1) is 0 Å². The highest BCUT2D eigenvalue weighted by atomic mass is 28.4. The van der Waals surface area contributed by atoms with Crippen molar-refractivity contribution in [3.05, 3.63) is 108 Å². The first-order chi connectivity index (χ1) is 25.8. The third-order valence-corrected chi connectivity index (χ3v) is 15.8. The second-order valence-corrected chi connectivity index (χ2v) is 21.8. The lowest BCUT2D eigenvalue weighted by Crippen LogP contribution is -2.53. The summed E-state index contributed by atoms with van der Waals surface area (Å²) in [4.78, 5) is 0. The second-order valence-electron chi connectivity index (χ2n) is 17.0. The minimum atomic E-state index is -2.35. The molecule has 9 nitrogen and oxygen atoms in total. The highest BCUT2D eigenvalue weighted by Gasteiger charge is 2.52. The molecule has 1 N–H and O–H groups in total. The van der Waals surface area contributed by atoms with Gasteiger partial charge in [0.05, 0.1) is 75.8 Å². The second kappa shape index (κ2) is 18.2. The van der Waals surface area contributed by atoms with Crippen LogP contribution in [0.5, 0.6) is 0 Å². The van der Waals surface area contributed by atoms with Crippen molar-refractivity contribution < 1.29 is 42.7 Å². The number of ether oxygens (including phenoxy) is 7. The van der Waals surface area contributed by atoms with Gasteiger partial charge in [0, 0.05) is 19.3 Å². The molecule has 10 heteroatoms. The maximum atomic E-state index is 11.0. The van der Waals surface area contributed by atoms with Gasteiger partial charge < -0.3 is 42.7 Å². The molecule has 3 aromatic rings. The fourth-order valence-corrected chi connectivity index (χ4v) is 8.78. The zero-order chi connectivity index (χ0) is 38.3. The van der Waals surface area contributed by atoms with Gasteiger partial charge in [0.2, 0.25) is 0 Å². The Hall–Kier alpha value is -2.48. The van der Waals surface area contributed by atoms with Crippen molar-refractivity contribution in [3.8, 4) is 0 Å². The van der Waals surface area contributed by atoms with Gasteiger partial charge in [-0.05, 0) is 48.7 Å². The van der Waals surface area contributed by atoms with Crippen molar-refractivity contribution in [2.75, 3.05) is 13.2 Å². The molecule has 0 aromatic heterocycles. The van der Waals surface area contributed by atoms with Gasteiger partial charge in [-0.2, -0.15) is 0 Å². The summed E-state index contributed by atoms with van der Waals surface area (Å²) in [5, 5.41) is 11.0. The number of aliphatic hydroxyl groups is 1. The Morgan fingerprint density at radius 2 is 1.11 bits per heavy atom. The SMILES string of the molecule is CC1(C)O[C@H]2C[C@@H](OCc3ccccc3)[C@H](COCc3ccccc3)O[C@@H]3C[C@@H](OCc4ccccc4)[C@H](O[Si](C)(C)C(C)(C)C)[C@@H](CO)O[C@H]3C[C@H]2O1. The average molecular weight is 763 g/mol. The Bertz CT molecular complexity index is 1550. The molecule has 0 spiro atoms. The van der Waals surface area contributed by atoms with Crippen LogP contribution in [-0.2, 0) is 57.4 Å². The molecule has 0 unspecified atom stereocenters. The van der Waals surface area contributed by atoms with Crippen molar-refractivity contribution in [2.24, 2.45) is 0 Å². The lowest BCUT2D eigenvalue weighted by molar-refractivity contribution is -0.191. The number of rotatable bonds is 13. The van der Waals surface area contributed by atoms with Gasteiger partial charge in [-0.3, -0.25) is 0 Å². The Balaban J connectivity index is 1.36. The Labute approximate surface area is 323 Å². The van der Waals surface area contributed by atoms with Crippen LogP contribution in [0, 0.1) is 0 Å². The molecule has 3 fully saturated rings. The van der Waals surface area contributed by atoms with Crippen LogP contribution in [0.2, 0.25) is 18.1 Å². The first-order valence-electron chi connectivity index (χ1n) is 19.7. The van der Waals surface area contributed by atoms with Gasteiger partial charge in [-0.1, -0.05) is 112 Å². The van der Waals surface area contributed by atoms with E-state index in [1.54, 1.807) is 0 Å². The average Bonchev–Trinajstić information content (AvgIpc) is 3.38. The van der Waals surface area contributed by atoms with E-state index in [2.05, 4.69) is 70.3 Å². The zero-order valence-corrected chi connectivity index (χ0v) is 34.2. The molecule has 3 aliphatic heterocycles. The summed E-state index contributed by atoms with van der Waals surface area (Å²) in [6.45, 7) is 16.4. The quantitative estimate of drug-likeness (QED) is 0.174. The van der Waals surface area contributed by atoms with Gasteiger partial charge in [0.1, 0.15) is 12.2 Å². The molecular formula is C44H62O9Si. The molecule has 0 bridgehead atoms. The highest BCUT2D eigenvalue weighted by Crippen LogP contribution is 2.42. The van der Waals surface area contributed by atoms with Crippen LogP contribution in [-0.4, -0.2) is 87.4 Å². The largest absolute Gasteiger partial charge is 0.409 e. The summed E-state index contributed by atoms with van der Waals surface area (Å²) in [5.74, 6) is -0.787. The van der Waals surface area contributed by atoms with Crippen LogP contribution in [0.1, 0.15) is 70.6 Å². The molecular weight excluding hydrogens is 701 g/mol. The van der Waals surface area contributed by atoms with E-state index >= 15 is 0 Å². The van der Waals surface area contributed by atoms with Crippen molar-refractivity contribution in [1.29, 1.82) is 0 Å². The van der Waals surface area contributed by atoms with E-state index in [0.717, 1.165) is 16.7 Å². The number of aliphatic hydroxyl groups excluding tert-OH is 1. The Morgan fingerprint density at radius 3 is 1.65 bits per heavy atom. The maximum absolute atomic E-state index is 11.0. The molecule has 3 heterocycles. The van der Waals surface area contributed by atoms with Crippen molar-refractivity contribution in [2.45, 2.75) is 153 Å². The summed E-state index contributed by atoms with van der Waals surface area (Å²) in [6, 6.07) is 30.5. The number of benzene rings is 3. The molecule has 9 atom stereocenters. The first-order valence-corrected chi connectivity index (χ1v) is 22.6. The standard InChI is InChI=1S/C44H62O9Si/c1-43(2,3)54(6,7)53-42-39(48-29-33-21-15-10-16-22-33)25-36-35(49-40(42)26-45)24-38-37(51-44(4,5)52-38)23-34(47-28-32-19-13-9-14-20-32)41(50-36)30-46-27-31-17-11-8-12-18-31/h8-22,34-42,45H,23-30H2,1-7H3/t34-,35+,36-,37+,38-,39-,40-,41+,42+/m1/s1. The topological polar surface area (TPSA) is 94.1 Å². The third kappa shape index (κ3) is 10.9. The Morgan fingerprint density at radius 1 is 0.648 bits per heavy atom. The van der Waals surface area contributed by atoms with E-state index < -0.39 is 50.7 Å². The van der Waals surface area contributed by atoms with E-state index in [1.807, 2.05) is 68.4 Å². The molecule has 0 radical (unpaired) electrons. The molecule has 3 aromatic carbocycles. The molecule has 0 amide bonds. The van der Waals surface area contributed by atoms with Gasteiger partial charge >= 0.3 is 0 Å². The van der Waals surface area contributed by atoms with Crippen LogP contribution < -0.4 is 0 Å². The Kier molecular flexibility index (Phi) is 13.9. The summed E-state index contributed by atoms with van der Waals surface area (Å²) >= 11 is 0. The predicted molar refractivity (Wildman–Crippen MR) is 210 cm³/mol. The van der Waals surface area contributed by atoms with Crippen LogP contribution in [0.4, 0.5) is 0 Å². The molecule has 6 rings (SSSR count). The summed E-state index contributed by atoms with van der Waals surface area (Å²) in [6.07, 6.45) is -2.39. The minimum Gasteiger partial charge on any atom is -0.409 e. The number of hydrogen-bond donors (Lipinski definition) is 1. The van der Waals surface area contributed by atoms with E-state index in [4.69, 9.17) is 37.6 Å². The molecule has 3 aliphatic rings. The van der Waals surface area contributed by atoms with Crippen LogP contribution >= 0.6 is 0 Å². The number of fused-ring (bicyclic) bond motifs is 2. The van der Waals surface area contributed by atoms with Crippen molar-refractivity contribution in [3.63, 3.8) is 0 Å². The molecule has 0 aliphatic carbocycles. The lowest BCUT2D eigenvalue weighted by atomic mass is 9.97. The minimum absolute atomic E-state index is 0.0717. The number of hydrogen-bond acceptors (Lipinski definition) is 9.